The molecule has 10 aromatic rings. The van der Waals surface area contributed by atoms with E-state index in [4.69, 9.17) is 19.9 Å². The topological polar surface area (TPSA) is 64.5 Å². The van der Waals surface area contributed by atoms with Gasteiger partial charge >= 0.3 is 0 Å². The third-order valence-corrected chi connectivity index (χ3v) is 10.4. The summed E-state index contributed by atoms with van der Waals surface area (Å²) in [4.78, 5) is 24.5. The van der Waals surface area contributed by atoms with Gasteiger partial charge < -0.3 is 0 Å². The zero-order valence-electron chi connectivity index (χ0n) is 31.4. The zero-order chi connectivity index (χ0) is 38.7. The molecule has 7 aromatic carbocycles. The minimum Gasteiger partial charge on any atom is -0.256 e. The van der Waals surface area contributed by atoms with E-state index >= 15 is 0 Å². The molecule has 58 heavy (non-hydrogen) atoms. The Morgan fingerprint density at radius 2 is 0.741 bits per heavy atom. The highest BCUT2D eigenvalue weighted by molar-refractivity contribution is 5.95. The highest BCUT2D eigenvalue weighted by atomic mass is 15.0. The van der Waals surface area contributed by atoms with Gasteiger partial charge in [0.05, 0.1) is 11.4 Å². The normalized spacial score (nSPS) is 11.1. The van der Waals surface area contributed by atoms with Crippen molar-refractivity contribution in [3.8, 4) is 90.1 Å². The SMILES string of the molecule is c1ccc(-c2nc(-c3ccccc3)nc(-c3cc(-c4ccc(-c5nccc6ccccc56)cc4)cc(-c4cccc(-c5ccc(-c6ccccn6)cc5)c4)c3)n2)cc1. The first-order chi connectivity index (χ1) is 28.7. The third kappa shape index (κ3) is 7.04. The van der Waals surface area contributed by atoms with Crippen LogP contribution in [0.3, 0.4) is 0 Å². The average Bonchev–Trinajstić information content (AvgIpc) is 3.32. The molecule has 5 heteroatoms. The Morgan fingerprint density at radius 1 is 0.259 bits per heavy atom. The second kappa shape index (κ2) is 15.3. The molecule has 0 N–H and O–H groups in total. The first-order valence-corrected chi connectivity index (χ1v) is 19.3. The number of nitrogens with zero attached hydrogens (tertiary/aromatic N) is 5. The van der Waals surface area contributed by atoms with E-state index in [2.05, 4.69) is 126 Å². The van der Waals surface area contributed by atoms with Crippen LogP contribution in [0.1, 0.15) is 0 Å². The molecule has 0 aliphatic carbocycles. The molecule has 10 rings (SSSR count). The standard InChI is InChI=1S/C53H35N5/c1-3-13-41(14-4-1)51-56-52(42-15-5-2-6-16-42)58-53(57-51)47-34-45(37-23-27-40(28-24-37)50-48-19-8-7-12-38(48)29-31-55-50)33-46(35-47)44-18-11-17-43(32-44)36-21-25-39(26-22-36)49-20-9-10-30-54-49/h1-35H. The Bertz CT molecular complexity index is 2960. The lowest BCUT2D eigenvalue weighted by Crippen LogP contribution is -2.00. The zero-order valence-corrected chi connectivity index (χ0v) is 31.4. The Morgan fingerprint density at radius 3 is 1.40 bits per heavy atom. The summed E-state index contributed by atoms with van der Waals surface area (Å²) in [6.45, 7) is 0. The van der Waals surface area contributed by atoms with Crippen molar-refractivity contribution in [3.63, 3.8) is 0 Å². The van der Waals surface area contributed by atoms with Gasteiger partial charge in [0.2, 0.25) is 0 Å². The van der Waals surface area contributed by atoms with Crippen LogP contribution >= 0.6 is 0 Å². The quantitative estimate of drug-likeness (QED) is 0.155. The van der Waals surface area contributed by atoms with Gasteiger partial charge in [-0.1, -0.05) is 158 Å². The van der Waals surface area contributed by atoms with Gasteiger partial charge in [-0.3, -0.25) is 9.97 Å². The number of aromatic nitrogens is 5. The number of benzene rings is 7. The minimum atomic E-state index is 0.605. The summed E-state index contributed by atoms with van der Waals surface area (Å²) in [5, 5.41) is 2.30. The molecule has 0 saturated heterocycles. The van der Waals surface area contributed by atoms with Crippen molar-refractivity contribution < 1.29 is 0 Å². The fourth-order valence-corrected chi connectivity index (χ4v) is 7.44. The maximum Gasteiger partial charge on any atom is 0.164 e. The summed E-state index contributed by atoms with van der Waals surface area (Å²) < 4.78 is 0. The molecule has 0 spiro atoms. The largest absolute Gasteiger partial charge is 0.256 e. The van der Waals surface area contributed by atoms with Crippen LogP contribution in [-0.4, -0.2) is 24.9 Å². The molecule has 0 fully saturated rings. The molecule has 0 unspecified atom stereocenters. The first-order valence-electron chi connectivity index (χ1n) is 19.3. The Balaban J connectivity index is 1.10. The molecule has 272 valence electrons. The van der Waals surface area contributed by atoms with Crippen LogP contribution in [0.25, 0.3) is 101 Å². The van der Waals surface area contributed by atoms with E-state index in [1.54, 1.807) is 0 Å². The van der Waals surface area contributed by atoms with E-state index in [-0.39, 0.29) is 0 Å². The number of hydrogen-bond donors (Lipinski definition) is 0. The van der Waals surface area contributed by atoms with E-state index in [1.165, 1.54) is 5.39 Å². The van der Waals surface area contributed by atoms with Gasteiger partial charge in [0.25, 0.3) is 0 Å². The Hall–Kier alpha value is -7.89. The van der Waals surface area contributed by atoms with Crippen LogP contribution in [0.15, 0.2) is 213 Å². The fourth-order valence-electron chi connectivity index (χ4n) is 7.44. The van der Waals surface area contributed by atoms with E-state index < -0.39 is 0 Å². The van der Waals surface area contributed by atoms with Crippen molar-refractivity contribution in [1.82, 2.24) is 24.9 Å². The van der Waals surface area contributed by atoms with Crippen LogP contribution in [0, 0.1) is 0 Å². The summed E-state index contributed by atoms with van der Waals surface area (Å²) >= 11 is 0. The average molecular weight is 742 g/mol. The molecule has 0 amide bonds. The summed E-state index contributed by atoms with van der Waals surface area (Å²) in [6, 6.07) is 69.3. The summed E-state index contributed by atoms with van der Waals surface area (Å²) in [5.74, 6) is 1.85. The lowest BCUT2D eigenvalue weighted by atomic mass is 9.93. The number of fused-ring (bicyclic) bond motifs is 1. The molecule has 0 aliphatic heterocycles. The van der Waals surface area contributed by atoms with E-state index in [9.17, 15) is 0 Å². The lowest BCUT2D eigenvalue weighted by Gasteiger charge is -2.14. The Labute approximate surface area is 337 Å². The predicted octanol–water partition coefficient (Wildman–Crippen LogP) is 13.2. The predicted molar refractivity (Wildman–Crippen MR) is 236 cm³/mol. The van der Waals surface area contributed by atoms with Crippen LogP contribution in [0.4, 0.5) is 0 Å². The van der Waals surface area contributed by atoms with Crippen LogP contribution in [-0.2, 0) is 0 Å². The molecular weight excluding hydrogens is 707 g/mol. The van der Waals surface area contributed by atoms with Crippen LogP contribution in [0.2, 0.25) is 0 Å². The van der Waals surface area contributed by atoms with E-state index in [0.29, 0.717) is 17.5 Å². The minimum absolute atomic E-state index is 0.605. The first kappa shape index (κ1) is 34.6. The molecule has 0 bridgehead atoms. The Kier molecular flexibility index (Phi) is 9.14. The van der Waals surface area contributed by atoms with Crippen molar-refractivity contribution in [2.24, 2.45) is 0 Å². The summed E-state index contributed by atoms with van der Waals surface area (Å²) in [6.07, 6.45) is 3.71. The molecule has 3 aromatic heterocycles. The van der Waals surface area contributed by atoms with Crippen LogP contribution in [0.5, 0.6) is 0 Å². The molecule has 0 saturated carbocycles. The molecule has 0 radical (unpaired) electrons. The molecule has 5 nitrogen and oxygen atoms in total. The number of hydrogen-bond acceptors (Lipinski definition) is 5. The number of pyridine rings is 2. The van der Waals surface area contributed by atoms with Crippen molar-refractivity contribution in [3.05, 3.63) is 213 Å². The van der Waals surface area contributed by atoms with Crippen molar-refractivity contribution in [2.45, 2.75) is 0 Å². The van der Waals surface area contributed by atoms with E-state index in [1.807, 2.05) is 91.3 Å². The fraction of sp³-hybridized carbons (Fsp3) is 0. The van der Waals surface area contributed by atoms with Gasteiger partial charge in [-0.2, -0.15) is 0 Å². The lowest BCUT2D eigenvalue weighted by molar-refractivity contribution is 1.07. The van der Waals surface area contributed by atoms with Crippen molar-refractivity contribution in [2.75, 3.05) is 0 Å². The van der Waals surface area contributed by atoms with Gasteiger partial charge in [0, 0.05) is 45.6 Å². The third-order valence-electron chi connectivity index (χ3n) is 10.4. The number of rotatable bonds is 8. The van der Waals surface area contributed by atoms with E-state index in [0.717, 1.165) is 78.0 Å². The second-order valence-electron chi connectivity index (χ2n) is 14.2. The summed E-state index contributed by atoms with van der Waals surface area (Å²) in [5.41, 5.74) is 13.4. The molecule has 3 heterocycles. The molecule has 0 aliphatic rings. The van der Waals surface area contributed by atoms with Gasteiger partial charge in [0.15, 0.2) is 17.5 Å². The van der Waals surface area contributed by atoms with Gasteiger partial charge in [-0.25, -0.2) is 15.0 Å². The van der Waals surface area contributed by atoms with Gasteiger partial charge in [-0.05, 0) is 81.2 Å². The highest BCUT2D eigenvalue weighted by Gasteiger charge is 2.16. The molecule has 0 atom stereocenters. The maximum atomic E-state index is 5.11. The monoisotopic (exact) mass is 741 g/mol. The summed E-state index contributed by atoms with van der Waals surface area (Å²) in [7, 11) is 0. The maximum absolute atomic E-state index is 5.11. The van der Waals surface area contributed by atoms with Gasteiger partial charge in [-0.15, -0.1) is 0 Å². The smallest absolute Gasteiger partial charge is 0.164 e. The highest BCUT2D eigenvalue weighted by Crippen LogP contribution is 2.36. The van der Waals surface area contributed by atoms with Crippen molar-refractivity contribution >= 4 is 10.8 Å². The molecular formula is C53H35N5. The van der Waals surface area contributed by atoms with Crippen LogP contribution < -0.4 is 0 Å². The van der Waals surface area contributed by atoms with Gasteiger partial charge in [0.1, 0.15) is 0 Å². The van der Waals surface area contributed by atoms with Crippen molar-refractivity contribution in [1.29, 1.82) is 0 Å². The second-order valence-corrected chi connectivity index (χ2v) is 14.2.